The summed E-state index contributed by atoms with van der Waals surface area (Å²) in [5, 5.41) is 0. The van der Waals surface area contributed by atoms with Crippen LogP contribution in [0.3, 0.4) is 0 Å². The topological polar surface area (TPSA) is 3.24 Å². The zero-order chi connectivity index (χ0) is 9.80. The fourth-order valence-electron chi connectivity index (χ4n) is 3.28. The number of rotatable bonds is 5. The Labute approximate surface area is 88.9 Å². The highest BCUT2D eigenvalue weighted by atomic mass is 15.2. The summed E-state index contributed by atoms with van der Waals surface area (Å²) in [7, 11) is 0. The molecule has 0 N–H and O–H groups in total. The van der Waals surface area contributed by atoms with Gasteiger partial charge in [-0.1, -0.05) is 32.6 Å². The van der Waals surface area contributed by atoms with Gasteiger partial charge in [-0.15, -0.1) is 0 Å². The Morgan fingerprint density at radius 1 is 1.00 bits per heavy atom. The molecule has 2 atom stereocenters. The molecule has 2 fully saturated rings. The van der Waals surface area contributed by atoms with E-state index in [4.69, 9.17) is 0 Å². The second-order valence-corrected chi connectivity index (χ2v) is 5.27. The van der Waals surface area contributed by atoms with E-state index >= 15 is 0 Å². The number of likely N-dealkylation sites (tertiary alicyclic amines) is 1. The SMILES string of the molecule is CCCCCCN1C[C@H]2CCC[C@H]2C1. The van der Waals surface area contributed by atoms with E-state index in [0.29, 0.717) is 0 Å². The van der Waals surface area contributed by atoms with Crippen LogP contribution in [0.5, 0.6) is 0 Å². The third-order valence-corrected chi connectivity index (χ3v) is 4.13. The second-order valence-electron chi connectivity index (χ2n) is 5.27. The van der Waals surface area contributed by atoms with E-state index in [9.17, 15) is 0 Å². The minimum absolute atomic E-state index is 1.08. The smallest absolute Gasteiger partial charge is 0.00129 e. The average molecular weight is 195 g/mol. The van der Waals surface area contributed by atoms with E-state index in [0.717, 1.165) is 11.8 Å². The van der Waals surface area contributed by atoms with Crippen LogP contribution in [0.15, 0.2) is 0 Å². The van der Waals surface area contributed by atoms with E-state index in [2.05, 4.69) is 11.8 Å². The van der Waals surface area contributed by atoms with Crippen molar-refractivity contribution >= 4 is 0 Å². The monoisotopic (exact) mass is 195 g/mol. The van der Waals surface area contributed by atoms with Gasteiger partial charge in [0.15, 0.2) is 0 Å². The van der Waals surface area contributed by atoms with Crippen molar-refractivity contribution in [1.29, 1.82) is 0 Å². The zero-order valence-corrected chi connectivity index (χ0v) is 9.67. The molecule has 1 heteroatoms. The molecule has 14 heavy (non-hydrogen) atoms. The number of fused-ring (bicyclic) bond motifs is 1. The summed E-state index contributed by atoms with van der Waals surface area (Å²) in [5.41, 5.74) is 0. The van der Waals surface area contributed by atoms with Gasteiger partial charge in [0.05, 0.1) is 0 Å². The molecule has 1 saturated heterocycles. The van der Waals surface area contributed by atoms with Gasteiger partial charge in [0.2, 0.25) is 0 Å². The quantitative estimate of drug-likeness (QED) is 0.608. The maximum absolute atomic E-state index is 2.73. The number of hydrogen-bond donors (Lipinski definition) is 0. The summed E-state index contributed by atoms with van der Waals surface area (Å²) in [6.45, 7) is 6.53. The van der Waals surface area contributed by atoms with E-state index in [1.807, 2.05) is 0 Å². The third kappa shape index (κ3) is 2.50. The molecule has 0 aromatic carbocycles. The highest BCUT2D eigenvalue weighted by Crippen LogP contribution is 2.37. The molecule has 0 radical (unpaired) electrons. The highest BCUT2D eigenvalue weighted by Gasteiger charge is 2.35. The Morgan fingerprint density at radius 3 is 2.36 bits per heavy atom. The molecular formula is C13H25N. The van der Waals surface area contributed by atoms with Gasteiger partial charge in [-0.2, -0.15) is 0 Å². The van der Waals surface area contributed by atoms with Crippen LogP contribution in [0.1, 0.15) is 51.9 Å². The molecule has 2 rings (SSSR count). The van der Waals surface area contributed by atoms with Crippen molar-refractivity contribution in [3.63, 3.8) is 0 Å². The standard InChI is InChI=1S/C13H25N/c1-2-3-4-5-9-14-10-12-7-6-8-13(12)11-14/h12-13H,2-11H2,1H3/t12-,13+. The van der Waals surface area contributed by atoms with E-state index in [1.165, 1.54) is 64.6 Å². The van der Waals surface area contributed by atoms with Gasteiger partial charge >= 0.3 is 0 Å². The normalized spacial score (nSPS) is 32.4. The predicted octanol–water partition coefficient (Wildman–Crippen LogP) is 3.30. The predicted molar refractivity (Wildman–Crippen MR) is 61.4 cm³/mol. The van der Waals surface area contributed by atoms with Crippen LogP contribution < -0.4 is 0 Å². The van der Waals surface area contributed by atoms with Crippen molar-refractivity contribution in [2.24, 2.45) is 11.8 Å². The van der Waals surface area contributed by atoms with E-state index in [-0.39, 0.29) is 0 Å². The lowest BCUT2D eigenvalue weighted by molar-refractivity contribution is 0.303. The first-order valence-corrected chi connectivity index (χ1v) is 6.62. The van der Waals surface area contributed by atoms with Crippen molar-refractivity contribution in [2.75, 3.05) is 19.6 Å². The van der Waals surface area contributed by atoms with Crippen LogP contribution in [0.4, 0.5) is 0 Å². The minimum Gasteiger partial charge on any atom is -0.303 e. The lowest BCUT2D eigenvalue weighted by atomic mass is 10.0. The van der Waals surface area contributed by atoms with Crippen molar-refractivity contribution in [1.82, 2.24) is 4.90 Å². The van der Waals surface area contributed by atoms with Gasteiger partial charge in [0.25, 0.3) is 0 Å². The maximum Gasteiger partial charge on any atom is 0.00129 e. The van der Waals surface area contributed by atoms with Gasteiger partial charge in [0.1, 0.15) is 0 Å². The van der Waals surface area contributed by atoms with Crippen LogP contribution in [0.25, 0.3) is 0 Å². The number of nitrogens with zero attached hydrogens (tertiary/aromatic N) is 1. The number of hydrogen-bond acceptors (Lipinski definition) is 1. The molecule has 0 amide bonds. The fourth-order valence-corrected chi connectivity index (χ4v) is 3.28. The van der Waals surface area contributed by atoms with Gasteiger partial charge in [-0.05, 0) is 37.6 Å². The highest BCUT2D eigenvalue weighted by molar-refractivity contribution is 4.88. The van der Waals surface area contributed by atoms with Crippen LogP contribution in [-0.2, 0) is 0 Å². The Bertz CT molecular complexity index is 155. The summed E-state index contributed by atoms with van der Waals surface area (Å²) < 4.78 is 0. The molecule has 1 aliphatic heterocycles. The summed E-state index contributed by atoms with van der Waals surface area (Å²) in [5.74, 6) is 2.17. The Morgan fingerprint density at radius 2 is 1.71 bits per heavy atom. The van der Waals surface area contributed by atoms with Gasteiger partial charge in [0, 0.05) is 13.1 Å². The van der Waals surface area contributed by atoms with E-state index < -0.39 is 0 Å². The molecule has 1 saturated carbocycles. The van der Waals surface area contributed by atoms with Crippen molar-refractivity contribution in [2.45, 2.75) is 51.9 Å². The Hall–Kier alpha value is -0.0400. The molecule has 0 spiro atoms. The average Bonchev–Trinajstić information content (AvgIpc) is 2.72. The molecule has 0 aromatic rings. The van der Waals surface area contributed by atoms with Crippen molar-refractivity contribution in [3.8, 4) is 0 Å². The first-order valence-electron chi connectivity index (χ1n) is 6.62. The molecule has 0 aromatic heterocycles. The molecule has 1 aliphatic carbocycles. The Balaban J connectivity index is 1.60. The fraction of sp³-hybridized carbons (Fsp3) is 1.00. The minimum atomic E-state index is 1.08. The summed E-state index contributed by atoms with van der Waals surface area (Å²) in [4.78, 5) is 2.73. The van der Waals surface area contributed by atoms with Crippen LogP contribution in [-0.4, -0.2) is 24.5 Å². The lowest BCUT2D eigenvalue weighted by Crippen LogP contribution is -2.22. The summed E-state index contributed by atoms with van der Waals surface area (Å²) in [6, 6.07) is 0. The second kappa shape index (κ2) is 5.16. The summed E-state index contributed by atoms with van der Waals surface area (Å²) >= 11 is 0. The number of unbranched alkanes of at least 4 members (excludes halogenated alkanes) is 3. The molecular weight excluding hydrogens is 170 g/mol. The molecule has 2 aliphatic rings. The lowest BCUT2D eigenvalue weighted by Gasteiger charge is -2.16. The molecule has 0 bridgehead atoms. The van der Waals surface area contributed by atoms with Gasteiger partial charge < -0.3 is 4.90 Å². The third-order valence-electron chi connectivity index (χ3n) is 4.13. The van der Waals surface area contributed by atoms with Crippen molar-refractivity contribution in [3.05, 3.63) is 0 Å². The zero-order valence-electron chi connectivity index (χ0n) is 9.67. The molecule has 1 nitrogen and oxygen atoms in total. The van der Waals surface area contributed by atoms with Crippen LogP contribution in [0.2, 0.25) is 0 Å². The Kier molecular flexibility index (Phi) is 3.86. The molecule has 0 unspecified atom stereocenters. The summed E-state index contributed by atoms with van der Waals surface area (Å²) in [6.07, 6.45) is 10.2. The first-order chi connectivity index (χ1) is 6.90. The maximum atomic E-state index is 2.73. The molecule has 1 heterocycles. The van der Waals surface area contributed by atoms with Crippen molar-refractivity contribution < 1.29 is 0 Å². The first kappa shape index (κ1) is 10.5. The largest absolute Gasteiger partial charge is 0.303 e. The van der Waals surface area contributed by atoms with E-state index in [1.54, 1.807) is 0 Å². The van der Waals surface area contributed by atoms with Gasteiger partial charge in [-0.25, -0.2) is 0 Å². The van der Waals surface area contributed by atoms with Gasteiger partial charge in [-0.3, -0.25) is 0 Å². The van der Waals surface area contributed by atoms with Crippen LogP contribution >= 0.6 is 0 Å². The molecule has 82 valence electrons. The van der Waals surface area contributed by atoms with Crippen LogP contribution in [0, 0.1) is 11.8 Å².